The smallest absolute Gasteiger partial charge is 0.322 e. The molecule has 4 nitrogen and oxygen atoms in total. The molecule has 0 fully saturated rings. The van der Waals surface area contributed by atoms with Crippen LogP contribution in [0.4, 0.5) is 0 Å². The molecule has 106 valence electrons. The minimum Gasteiger partial charge on any atom is -0.480 e. The average molecular weight is 280 g/mol. The molecular weight excluding hydrogens is 264 g/mol. The SMILES string of the molecule is NC(Cn1c(-c2ccccc2)cc2ccccc21)C(=O)O. The summed E-state index contributed by atoms with van der Waals surface area (Å²) in [5.41, 5.74) is 8.75. The topological polar surface area (TPSA) is 68.2 Å². The number of para-hydroxylation sites is 1. The van der Waals surface area contributed by atoms with E-state index in [1.54, 1.807) is 0 Å². The van der Waals surface area contributed by atoms with Crippen molar-refractivity contribution in [2.45, 2.75) is 12.6 Å². The fourth-order valence-corrected chi connectivity index (χ4v) is 2.53. The number of carbonyl (C=O) groups is 1. The van der Waals surface area contributed by atoms with E-state index in [9.17, 15) is 4.79 Å². The Balaban J connectivity index is 2.17. The minimum absolute atomic E-state index is 0.243. The van der Waals surface area contributed by atoms with E-state index in [1.165, 1.54) is 0 Å². The van der Waals surface area contributed by atoms with E-state index in [1.807, 2.05) is 59.2 Å². The normalized spacial score (nSPS) is 12.4. The van der Waals surface area contributed by atoms with Gasteiger partial charge in [0, 0.05) is 23.1 Å². The Morgan fingerprint density at radius 3 is 2.48 bits per heavy atom. The summed E-state index contributed by atoms with van der Waals surface area (Å²) in [6.07, 6.45) is 0. The highest BCUT2D eigenvalue weighted by molar-refractivity contribution is 5.87. The van der Waals surface area contributed by atoms with Gasteiger partial charge in [0.15, 0.2) is 0 Å². The molecule has 2 aromatic carbocycles. The third kappa shape index (κ3) is 2.53. The van der Waals surface area contributed by atoms with E-state index in [2.05, 4.69) is 6.07 Å². The highest BCUT2D eigenvalue weighted by atomic mass is 16.4. The number of carboxylic acid groups (broad SMARTS) is 1. The Bertz CT molecular complexity index is 778. The molecule has 3 aromatic rings. The van der Waals surface area contributed by atoms with Crippen molar-refractivity contribution < 1.29 is 9.90 Å². The second kappa shape index (κ2) is 5.42. The quantitative estimate of drug-likeness (QED) is 0.772. The highest BCUT2D eigenvalue weighted by Crippen LogP contribution is 2.28. The molecule has 21 heavy (non-hydrogen) atoms. The molecule has 1 atom stereocenters. The van der Waals surface area contributed by atoms with Crippen LogP contribution in [-0.4, -0.2) is 21.7 Å². The van der Waals surface area contributed by atoms with Crippen LogP contribution in [0.5, 0.6) is 0 Å². The van der Waals surface area contributed by atoms with Gasteiger partial charge in [0.25, 0.3) is 0 Å². The molecule has 0 saturated carbocycles. The van der Waals surface area contributed by atoms with Crippen LogP contribution in [0, 0.1) is 0 Å². The predicted molar refractivity (Wildman–Crippen MR) is 83.0 cm³/mol. The second-order valence-corrected chi connectivity index (χ2v) is 5.01. The maximum absolute atomic E-state index is 11.1. The van der Waals surface area contributed by atoms with E-state index in [-0.39, 0.29) is 6.54 Å². The van der Waals surface area contributed by atoms with Gasteiger partial charge in [-0.05, 0) is 17.7 Å². The summed E-state index contributed by atoms with van der Waals surface area (Å²) in [4.78, 5) is 11.1. The van der Waals surface area contributed by atoms with Crippen molar-refractivity contribution in [1.82, 2.24) is 4.57 Å². The predicted octanol–water partition coefficient (Wildman–Crippen LogP) is 2.72. The summed E-state index contributed by atoms with van der Waals surface area (Å²) in [7, 11) is 0. The monoisotopic (exact) mass is 280 g/mol. The van der Waals surface area contributed by atoms with Gasteiger partial charge >= 0.3 is 5.97 Å². The fraction of sp³-hybridized carbons (Fsp3) is 0.118. The number of nitrogens with zero attached hydrogens (tertiary/aromatic N) is 1. The second-order valence-electron chi connectivity index (χ2n) is 5.01. The van der Waals surface area contributed by atoms with Gasteiger partial charge in [0.2, 0.25) is 0 Å². The van der Waals surface area contributed by atoms with Crippen molar-refractivity contribution in [1.29, 1.82) is 0 Å². The summed E-state index contributed by atoms with van der Waals surface area (Å²) in [6.45, 7) is 0.243. The zero-order chi connectivity index (χ0) is 14.8. The van der Waals surface area contributed by atoms with Crippen LogP contribution in [0.25, 0.3) is 22.2 Å². The average Bonchev–Trinajstić information content (AvgIpc) is 2.87. The minimum atomic E-state index is -0.994. The van der Waals surface area contributed by atoms with Crippen molar-refractivity contribution in [2.75, 3.05) is 0 Å². The first-order chi connectivity index (χ1) is 10.2. The Morgan fingerprint density at radius 2 is 1.76 bits per heavy atom. The fourth-order valence-electron chi connectivity index (χ4n) is 2.53. The highest BCUT2D eigenvalue weighted by Gasteiger charge is 2.17. The molecule has 1 unspecified atom stereocenters. The van der Waals surface area contributed by atoms with Crippen LogP contribution in [-0.2, 0) is 11.3 Å². The molecule has 0 radical (unpaired) electrons. The zero-order valence-electron chi connectivity index (χ0n) is 11.4. The number of hydrogen-bond donors (Lipinski definition) is 2. The van der Waals surface area contributed by atoms with Crippen LogP contribution in [0.1, 0.15) is 0 Å². The maximum Gasteiger partial charge on any atom is 0.322 e. The van der Waals surface area contributed by atoms with Crippen LogP contribution < -0.4 is 5.73 Å². The summed E-state index contributed by atoms with van der Waals surface area (Å²) in [6, 6.07) is 19.0. The molecule has 4 heteroatoms. The number of rotatable bonds is 4. The molecule has 1 aromatic heterocycles. The van der Waals surface area contributed by atoms with Crippen molar-refractivity contribution >= 4 is 16.9 Å². The Labute approximate surface area is 122 Å². The lowest BCUT2D eigenvalue weighted by Crippen LogP contribution is -2.34. The molecule has 1 heterocycles. The van der Waals surface area contributed by atoms with Crippen molar-refractivity contribution in [3.05, 3.63) is 60.7 Å². The van der Waals surface area contributed by atoms with Gasteiger partial charge in [0.1, 0.15) is 6.04 Å². The van der Waals surface area contributed by atoms with E-state index in [0.29, 0.717) is 0 Å². The molecule has 0 amide bonds. The standard InChI is InChI=1S/C17H16N2O2/c18-14(17(20)21)11-19-15-9-5-4-8-13(15)10-16(19)12-6-2-1-3-7-12/h1-10,14H,11,18H2,(H,20,21). The van der Waals surface area contributed by atoms with Crippen LogP contribution in [0.2, 0.25) is 0 Å². The van der Waals surface area contributed by atoms with Crippen molar-refractivity contribution in [3.8, 4) is 11.3 Å². The summed E-state index contributed by atoms with van der Waals surface area (Å²) < 4.78 is 1.98. The molecular formula is C17H16N2O2. The molecule has 0 saturated heterocycles. The summed E-state index contributed by atoms with van der Waals surface area (Å²) in [5.74, 6) is -0.994. The molecule has 0 aliphatic rings. The third-order valence-electron chi connectivity index (χ3n) is 3.58. The van der Waals surface area contributed by atoms with Crippen LogP contribution in [0.15, 0.2) is 60.7 Å². The van der Waals surface area contributed by atoms with Gasteiger partial charge in [-0.2, -0.15) is 0 Å². The summed E-state index contributed by atoms with van der Waals surface area (Å²) in [5, 5.41) is 10.2. The molecule has 0 aliphatic heterocycles. The van der Waals surface area contributed by atoms with Gasteiger partial charge in [0.05, 0.1) is 0 Å². The molecule has 0 spiro atoms. The van der Waals surface area contributed by atoms with E-state index in [4.69, 9.17) is 10.8 Å². The number of aliphatic carboxylic acids is 1. The van der Waals surface area contributed by atoms with Gasteiger partial charge in [-0.3, -0.25) is 4.79 Å². The van der Waals surface area contributed by atoms with Crippen LogP contribution in [0.3, 0.4) is 0 Å². The Morgan fingerprint density at radius 1 is 1.10 bits per heavy atom. The van der Waals surface area contributed by atoms with E-state index >= 15 is 0 Å². The molecule has 0 aliphatic carbocycles. The number of aromatic nitrogens is 1. The summed E-state index contributed by atoms with van der Waals surface area (Å²) >= 11 is 0. The lowest BCUT2D eigenvalue weighted by molar-refractivity contribution is -0.138. The molecule has 3 N–H and O–H groups in total. The molecule has 3 rings (SSSR count). The number of carboxylic acids is 1. The third-order valence-corrected chi connectivity index (χ3v) is 3.58. The van der Waals surface area contributed by atoms with Crippen molar-refractivity contribution in [2.24, 2.45) is 5.73 Å². The number of benzene rings is 2. The number of nitrogens with two attached hydrogens (primary N) is 1. The van der Waals surface area contributed by atoms with Gasteiger partial charge < -0.3 is 15.4 Å². The zero-order valence-corrected chi connectivity index (χ0v) is 11.4. The first-order valence-corrected chi connectivity index (χ1v) is 6.79. The lowest BCUT2D eigenvalue weighted by Gasteiger charge is -2.13. The Hall–Kier alpha value is -2.59. The van der Waals surface area contributed by atoms with Gasteiger partial charge in [-0.1, -0.05) is 48.5 Å². The van der Waals surface area contributed by atoms with E-state index < -0.39 is 12.0 Å². The molecule has 0 bridgehead atoms. The largest absolute Gasteiger partial charge is 0.480 e. The van der Waals surface area contributed by atoms with E-state index in [0.717, 1.165) is 22.2 Å². The Kier molecular flexibility index (Phi) is 3.46. The lowest BCUT2D eigenvalue weighted by atomic mass is 10.1. The number of hydrogen-bond acceptors (Lipinski definition) is 2. The first kappa shape index (κ1) is 13.4. The van der Waals surface area contributed by atoms with Gasteiger partial charge in [-0.15, -0.1) is 0 Å². The van der Waals surface area contributed by atoms with Gasteiger partial charge in [-0.25, -0.2) is 0 Å². The van der Waals surface area contributed by atoms with Crippen LogP contribution >= 0.6 is 0 Å². The van der Waals surface area contributed by atoms with Crippen molar-refractivity contribution in [3.63, 3.8) is 0 Å². The first-order valence-electron chi connectivity index (χ1n) is 6.79. The maximum atomic E-state index is 11.1. The number of fused-ring (bicyclic) bond motifs is 1.